The highest BCUT2D eigenvalue weighted by atomic mass is 32.2. The van der Waals surface area contributed by atoms with Crippen LogP contribution < -0.4 is 5.43 Å². The lowest BCUT2D eigenvalue weighted by Gasteiger charge is -2.05. The van der Waals surface area contributed by atoms with Crippen molar-refractivity contribution in [3.63, 3.8) is 0 Å². The molecule has 0 radical (unpaired) electrons. The van der Waals surface area contributed by atoms with Gasteiger partial charge in [-0.2, -0.15) is 10.4 Å². The number of ether oxygens (including phenoxy) is 1. The molecule has 0 saturated heterocycles. The maximum Gasteiger partial charge on any atom is 0.427 e. The highest BCUT2D eigenvalue weighted by molar-refractivity contribution is 8.13. The standard InChI is InChI=1S/C13H15N3O2S/c1-18-13(17)16-15-12(19-9-5-8-14)10-11-6-3-2-4-7-11/h2-4,6-7H,5,9-10H2,1H3,(H,16,17)/b15-12-. The molecule has 100 valence electrons. The number of carbonyl (C=O) groups excluding carboxylic acids is 1. The molecule has 0 fully saturated rings. The van der Waals surface area contributed by atoms with Crippen molar-refractivity contribution in [2.24, 2.45) is 5.10 Å². The Kier molecular flexibility index (Phi) is 7.13. The molecule has 0 spiro atoms. The fourth-order valence-corrected chi connectivity index (χ4v) is 2.07. The molecular formula is C13H15N3O2S. The van der Waals surface area contributed by atoms with Crippen LogP contribution in [0.2, 0.25) is 0 Å². The van der Waals surface area contributed by atoms with Gasteiger partial charge in [-0.1, -0.05) is 30.3 Å². The number of hydrazone groups is 1. The zero-order valence-corrected chi connectivity index (χ0v) is 11.4. The molecule has 0 saturated carbocycles. The number of methoxy groups -OCH3 is 1. The summed E-state index contributed by atoms with van der Waals surface area (Å²) in [6.45, 7) is 0. The van der Waals surface area contributed by atoms with Gasteiger partial charge in [-0.3, -0.25) is 0 Å². The Balaban J connectivity index is 2.63. The van der Waals surface area contributed by atoms with Crippen LogP contribution in [0.3, 0.4) is 0 Å². The normalized spacial score (nSPS) is 10.6. The maximum absolute atomic E-state index is 11.0. The third kappa shape index (κ3) is 6.48. The first-order chi connectivity index (χ1) is 9.26. The summed E-state index contributed by atoms with van der Waals surface area (Å²) in [7, 11) is 1.28. The molecule has 1 rings (SSSR count). The number of thioether (sulfide) groups is 1. The summed E-state index contributed by atoms with van der Waals surface area (Å²) in [6.07, 6.45) is 0.448. The summed E-state index contributed by atoms with van der Waals surface area (Å²) in [4.78, 5) is 11.0. The van der Waals surface area contributed by atoms with Gasteiger partial charge in [0.25, 0.3) is 0 Å². The monoisotopic (exact) mass is 277 g/mol. The van der Waals surface area contributed by atoms with Crippen LogP contribution in [0, 0.1) is 11.3 Å². The number of amides is 1. The van der Waals surface area contributed by atoms with Gasteiger partial charge >= 0.3 is 6.09 Å². The number of nitriles is 1. The summed E-state index contributed by atoms with van der Waals surface area (Å²) >= 11 is 1.45. The van der Waals surface area contributed by atoms with Crippen LogP contribution in [0.4, 0.5) is 4.79 Å². The molecule has 1 aromatic rings. The predicted octanol–water partition coefficient (Wildman–Crippen LogP) is 2.55. The fourth-order valence-electron chi connectivity index (χ4n) is 1.26. The van der Waals surface area contributed by atoms with E-state index < -0.39 is 6.09 Å². The molecular weight excluding hydrogens is 262 g/mol. The molecule has 0 unspecified atom stereocenters. The molecule has 0 atom stereocenters. The molecule has 6 heteroatoms. The molecule has 1 amide bonds. The lowest BCUT2D eigenvalue weighted by molar-refractivity contribution is 0.171. The summed E-state index contributed by atoms with van der Waals surface area (Å²) in [6, 6.07) is 11.9. The van der Waals surface area contributed by atoms with E-state index in [1.165, 1.54) is 18.9 Å². The SMILES string of the molecule is COC(=O)N/N=C(/Cc1ccccc1)SCCC#N. The second-order valence-electron chi connectivity index (χ2n) is 3.53. The molecule has 5 nitrogen and oxygen atoms in total. The first-order valence-electron chi connectivity index (χ1n) is 5.70. The Hall–Kier alpha value is -2.00. The summed E-state index contributed by atoms with van der Waals surface area (Å²) < 4.78 is 4.46. The smallest absolute Gasteiger partial charge is 0.427 e. The van der Waals surface area contributed by atoms with Crippen LogP contribution >= 0.6 is 11.8 Å². The Morgan fingerprint density at radius 3 is 2.84 bits per heavy atom. The summed E-state index contributed by atoms with van der Waals surface area (Å²) in [5.41, 5.74) is 3.40. The van der Waals surface area contributed by atoms with Gasteiger partial charge in [-0.05, 0) is 5.56 Å². The first-order valence-corrected chi connectivity index (χ1v) is 6.69. The Morgan fingerprint density at radius 2 is 2.21 bits per heavy atom. The zero-order valence-electron chi connectivity index (χ0n) is 10.6. The molecule has 0 aliphatic heterocycles. The van der Waals surface area contributed by atoms with Crippen molar-refractivity contribution in [1.82, 2.24) is 5.43 Å². The molecule has 19 heavy (non-hydrogen) atoms. The van der Waals surface area contributed by atoms with Crippen LogP contribution in [0.15, 0.2) is 35.4 Å². The van der Waals surface area contributed by atoms with Gasteiger partial charge in [0.1, 0.15) is 0 Å². The van der Waals surface area contributed by atoms with Crippen LogP contribution in [0.1, 0.15) is 12.0 Å². The van der Waals surface area contributed by atoms with E-state index in [-0.39, 0.29) is 0 Å². The van der Waals surface area contributed by atoms with E-state index >= 15 is 0 Å². The molecule has 1 N–H and O–H groups in total. The lowest BCUT2D eigenvalue weighted by Crippen LogP contribution is -2.19. The second-order valence-corrected chi connectivity index (χ2v) is 4.70. The molecule has 0 heterocycles. The van der Waals surface area contributed by atoms with E-state index in [1.807, 2.05) is 30.3 Å². The minimum atomic E-state index is -0.605. The van der Waals surface area contributed by atoms with Crippen LogP contribution in [-0.2, 0) is 11.2 Å². The Morgan fingerprint density at radius 1 is 1.47 bits per heavy atom. The average Bonchev–Trinajstić information content (AvgIpc) is 2.45. The van der Waals surface area contributed by atoms with Gasteiger partial charge in [0, 0.05) is 18.6 Å². The first kappa shape index (κ1) is 15.1. The largest absolute Gasteiger partial charge is 0.452 e. The third-order valence-electron chi connectivity index (χ3n) is 2.14. The molecule has 0 aliphatic rings. The van der Waals surface area contributed by atoms with E-state index in [4.69, 9.17) is 5.26 Å². The van der Waals surface area contributed by atoms with Gasteiger partial charge in [-0.25, -0.2) is 10.2 Å². The van der Waals surface area contributed by atoms with Crippen LogP contribution in [0.25, 0.3) is 0 Å². The van der Waals surface area contributed by atoms with Crippen LogP contribution in [0.5, 0.6) is 0 Å². The fraction of sp³-hybridized carbons (Fsp3) is 0.308. The van der Waals surface area contributed by atoms with Gasteiger partial charge < -0.3 is 4.74 Å². The number of benzene rings is 1. The average molecular weight is 277 g/mol. The highest BCUT2D eigenvalue weighted by Gasteiger charge is 2.04. The number of nitrogens with zero attached hydrogens (tertiary/aromatic N) is 2. The number of hydrogen-bond donors (Lipinski definition) is 1. The van der Waals surface area contributed by atoms with Crippen LogP contribution in [-0.4, -0.2) is 24.0 Å². The van der Waals surface area contributed by atoms with E-state index in [2.05, 4.69) is 21.3 Å². The van der Waals surface area contributed by atoms with E-state index in [9.17, 15) is 4.79 Å². The van der Waals surface area contributed by atoms with Crippen molar-refractivity contribution in [3.05, 3.63) is 35.9 Å². The summed E-state index contributed by atoms with van der Waals surface area (Å²) in [5, 5.41) is 13.3. The highest BCUT2D eigenvalue weighted by Crippen LogP contribution is 2.11. The maximum atomic E-state index is 11.0. The van der Waals surface area contributed by atoms with Crippen molar-refractivity contribution in [3.8, 4) is 6.07 Å². The Labute approximate surface area is 116 Å². The van der Waals surface area contributed by atoms with E-state index in [1.54, 1.807) is 0 Å². The lowest BCUT2D eigenvalue weighted by atomic mass is 10.2. The van der Waals surface area contributed by atoms with Gasteiger partial charge in [0.05, 0.1) is 18.2 Å². The number of rotatable bonds is 5. The van der Waals surface area contributed by atoms with Crippen molar-refractivity contribution in [2.45, 2.75) is 12.8 Å². The van der Waals surface area contributed by atoms with Crippen molar-refractivity contribution >= 4 is 22.9 Å². The Bertz CT molecular complexity index is 469. The minimum Gasteiger partial charge on any atom is -0.452 e. The minimum absolute atomic E-state index is 0.441. The van der Waals surface area contributed by atoms with E-state index in [0.717, 1.165) is 10.6 Å². The van der Waals surface area contributed by atoms with Crippen molar-refractivity contribution in [2.75, 3.05) is 12.9 Å². The molecule has 0 aliphatic carbocycles. The molecule has 1 aromatic carbocycles. The number of carbonyl (C=O) groups is 1. The molecule has 0 aromatic heterocycles. The van der Waals surface area contributed by atoms with Crippen molar-refractivity contribution in [1.29, 1.82) is 5.26 Å². The van der Waals surface area contributed by atoms with E-state index in [0.29, 0.717) is 18.6 Å². The van der Waals surface area contributed by atoms with Crippen molar-refractivity contribution < 1.29 is 9.53 Å². The van der Waals surface area contributed by atoms with Gasteiger partial charge in [0.2, 0.25) is 0 Å². The summed E-state index contributed by atoms with van der Waals surface area (Å²) in [5.74, 6) is 0.644. The third-order valence-corrected chi connectivity index (χ3v) is 3.12. The number of hydrogen-bond acceptors (Lipinski definition) is 5. The number of nitrogens with one attached hydrogen (secondary N) is 1. The quantitative estimate of drug-likeness (QED) is 0.388. The topological polar surface area (TPSA) is 74.5 Å². The van der Waals surface area contributed by atoms with Gasteiger partial charge in [-0.15, -0.1) is 11.8 Å². The molecule has 0 bridgehead atoms. The second kappa shape index (κ2) is 9.00. The zero-order chi connectivity index (χ0) is 13.9. The predicted molar refractivity (Wildman–Crippen MR) is 75.8 cm³/mol. The van der Waals surface area contributed by atoms with Gasteiger partial charge in [0.15, 0.2) is 0 Å².